The number of nitrogen functional groups attached to an aromatic ring is 1. The predicted octanol–water partition coefficient (Wildman–Crippen LogP) is 5.83. The number of nitrogens with one attached hydrogen (secondary N) is 3. The fourth-order valence-corrected chi connectivity index (χ4v) is 5.76. The van der Waals surface area contributed by atoms with Crippen molar-refractivity contribution >= 4 is 58.2 Å². The number of allylic oxidation sites excluding steroid dienone is 1. The fourth-order valence-electron chi connectivity index (χ4n) is 5.11. The van der Waals surface area contributed by atoms with E-state index >= 15 is 0 Å². The summed E-state index contributed by atoms with van der Waals surface area (Å²) in [4.78, 5) is 31.4. The molecule has 0 spiro atoms. The van der Waals surface area contributed by atoms with Gasteiger partial charge < -0.3 is 26.9 Å². The molecule has 0 radical (unpaired) electrons. The molecule has 1 amide bonds. The summed E-state index contributed by atoms with van der Waals surface area (Å²) in [6, 6.07) is 12.5. The SMILES string of the molecule is CN/C=C(\C=N)c1cc(Cl)c(C(=O)N2Cc3cccc(C(CC(=O)O)c4ccc(NC)c(N)c4C)c3CO2)c(Cl)c1. The van der Waals surface area contributed by atoms with Crippen LogP contribution in [0.3, 0.4) is 0 Å². The first-order valence-electron chi connectivity index (χ1n) is 12.8. The molecule has 1 atom stereocenters. The van der Waals surface area contributed by atoms with Gasteiger partial charge in [0.2, 0.25) is 0 Å². The number of carbonyl (C=O) groups is 2. The number of nitrogens with two attached hydrogens (primary N) is 1. The second-order valence-electron chi connectivity index (χ2n) is 9.59. The van der Waals surface area contributed by atoms with Gasteiger partial charge in [-0.1, -0.05) is 47.5 Å². The number of hydrogen-bond acceptors (Lipinski definition) is 7. The van der Waals surface area contributed by atoms with Crippen molar-refractivity contribution in [2.75, 3.05) is 25.1 Å². The maximum atomic E-state index is 13.5. The van der Waals surface area contributed by atoms with E-state index in [0.717, 1.165) is 39.7 Å². The first-order valence-corrected chi connectivity index (χ1v) is 13.6. The topological polar surface area (TPSA) is 141 Å². The second kappa shape index (κ2) is 12.6. The summed E-state index contributed by atoms with van der Waals surface area (Å²) in [5.41, 5.74) is 12.9. The third kappa shape index (κ3) is 6.02. The average Bonchev–Trinajstić information content (AvgIpc) is 2.95. The third-order valence-corrected chi connectivity index (χ3v) is 7.81. The van der Waals surface area contributed by atoms with Crippen LogP contribution < -0.4 is 16.4 Å². The van der Waals surface area contributed by atoms with Crippen molar-refractivity contribution in [2.24, 2.45) is 0 Å². The lowest BCUT2D eigenvalue weighted by Crippen LogP contribution is -2.35. The van der Waals surface area contributed by atoms with Gasteiger partial charge in [-0.3, -0.25) is 14.4 Å². The zero-order valence-electron chi connectivity index (χ0n) is 22.8. The molecular weight excluding hydrogens is 565 g/mol. The van der Waals surface area contributed by atoms with Crippen LogP contribution in [-0.4, -0.2) is 42.4 Å². The minimum Gasteiger partial charge on any atom is -0.481 e. The quantitative estimate of drug-likeness (QED) is 0.155. The normalized spacial score (nSPS) is 13.8. The lowest BCUT2D eigenvalue weighted by atomic mass is 9.81. The Morgan fingerprint density at radius 1 is 1.17 bits per heavy atom. The predicted molar refractivity (Wildman–Crippen MR) is 163 cm³/mol. The number of rotatable bonds is 9. The summed E-state index contributed by atoms with van der Waals surface area (Å²) in [5.74, 6) is -1.93. The zero-order chi connectivity index (χ0) is 29.8. The van der Waals surface area contributed by atoms with Gasteiger partial charge in [0.1, 0.15) is 6.61 Å². The number of hydroxylamine groups is 2. The molecule has 1 unspecified atom stereocenters. The van der Waals surface area contributed by atoms with Crippen LogP contribution in [0.2, 0.25) is 10.0 Å². The second-order valence-corrected chi connectivity index (χ2v) is 10.4. The highest BCUT2D eigenvalue weighted by atomic mass is 35.5. The van der Waals surface area contributed by atoms with Crippen molar-refractivity contribution in [1.29, 1.82) is 5.41 Å². The van der Waals surface area contributed by atoms with Crippen LogP contribution in [0.1, 0.15) is 56.1 Å². The van der Waals surface area contributed by atoms with E-state index in [1.165, 1.54) is 5.06 Å². The van der Waals surface area contributed by atoms with Crippen molar-refractivity contribution in [2.45, 2.75) is 32.4 Å². The number of fused-ring (bicyclic) bond motifs is 1. The Bertz CT molecular complexity index is 1530. The van der Waals surface area contributed by atoms with E-state index in [9.17, 15) is 14.7 Å². The number of amides is 1. The van der Waals surface area contributed by atoms with Gasteiger partial charge in [0, 0.05) is 38.0 Å². The lowest BCUT2D eigenvalue weighted by molar-refractivity contribution is -0.150. The minimum atomic E-state index is -0.944. The number of halogens is 2. The van der Waals surface area contributed by atoms with E-state index in [0.29, 0.717) is 16.8 Å². The molecule has 1 aliphatic heterocycles. The van der Waals surface area contributed by atoms with Crippen molar-refractivity contribution in [3.8, 4) is 0 Å². The molecule has 3 aromatic carbocycles. The molecule has 0 aliphatic carbocycles. The van der Waals surface area contributed by atoms with Crippen molar-refractivity contribution in [3.63, 3.8) is 0 Å². The molecule has 214 valence electrons. The molecule has 41 heavy (non-hydrogen) atoms. The van der Waals surface area contributed by atoms with Gasteiger partial charge >= 0.3 is 5.97 Å². The maximum Gasteiger partial charge on any atom is 0.304 e. The molecular formula is C30H31Cl2N5O4. The molecule has 6 N–H and O–H groups in total. The molecule has 3 aromatic rings. The number of anilines is 2. The van der Waals surface area contributed by atoms with Gasteiger partial charge in [0.25, 0.3) is 5.91 Å². The number of aliphatic carboxylic acids is 1. The van der Waals surface area contributed by atoms with E-state index in [1.54, 1.807) is 32.4 Å². The zero-order valence-corrected chi connectivity index (χ0v) is 24.4. The smallest absolute Gasteiger partial charge is 0.304 e. The van der Waals surface area contributed by atoms with E-state index in [1.807, 2.05) is 37.3 Å². The monoisotopic (exact) mass is 595 g/mol. The van der Waals surface area contributed by atoms with Crippen LogP contribution in [0.25, 0.3) is 5.57 Å². The summed E-state index contributed by atoms with van der Waals surface area (Å²) in [6.07, 6.45) is 2.64. The summed E-state index contributed by atoms with van der Waals surface area (Å²) in [6.45, 7) is 2.04. The van der Waals surface area contributed by atoms with Gasteiger partial charge in [-0.05, 0) is 58.5 Å². The molecule has 0 bridgehead atoms. The Morgan fingerprint density at radius 2 is 1.88 bits per heavy atom. The number of carboxylic acids is 1. The van der Waals surface area contributed by atoms with Crippen LogP contribution in [-0.2, 0) is 22.8 Å². The highest BCUT2D eigenvalue weighted by Gasteiger charge is 2.31. The van der Waals surface area contributed by atoms with Crippen LogP contribution in [0.15, 0.2) is 48.7 Å². The first-order chi connectivity index (χ1) is 19.6. The van der Waals surface area contributed by atoms with Crippen molar-refractivity contribution in [1.82, 2.24) is 10.4 Å². The third-order valence-electron chi connectivity index (χ3n) is 7.21. The lowest BCUT2D eigenvalue weighted by Gasteiger charge is -2.32. The number of benzene rings is 3. The van der Waals surface area contributed by atoms with Gasteiger partial charge in [0.15, 0.2) is 0 Å². The molecule has 9 nitrogen and oxygen atoms in total. The fraction of sp³-hybridized carbons (Fsp3) is 0.233. The van der Waals surface area contributed by atoms with Gasteiger partial charge in [0.05, 0.1) is 39.9 Å². The molecule has 0 aromatic heterocycles. The Balaban J connectivity index is 1.68. The van der Waals surface area contributed by atoms with Crippen molar-refractivity contribution in [3.05, 3.63) is 97.7 Å². The molecule has 0 saturated heterocycles. The van der Waals surface area contributed by atoms with E-state index < -0.39 is 17.8 Å². The van der Waals surface area contributed by atoms with Crippen molar-refractivity contribution < 1.29 is 19.5 Å². The Morgan fingerprint density at radius 3 is 2.49 bits per heavy atom. The van der Waals surface area contributed by atoms with Gasteiger partial charge in [-0.15, -0.1) is 0 Å². The van der Waals surface area contributed by atoms with E-state index in [4.69, 9.17) is 39.2 Å². The van der Waals surface area contributed by atoms with Crippen LogP contribution >= 0.6 is 23.2 Å². The largest absolute Gasteiger partial charge is 0.481 e. The molecule has 4 rings (SSSR count). The molecule has 11 heteroatoms. The highest BCUT2D eigenvalue weighted by Crippen LogP contribution is 2.39. The van der Waals surface area contributed by atoms with Crippen LogP contribution in [0.4, 0.5) is 11.4 Å². The van der Waals surface area contributed by atoms with E-state index in [-0.39, 0.29) is 35.2 Å². The summed E-state index contributed by atoms with van der Waals surface area (Å²) >= 11 is 13.0. The summed E-state index contributed by atoms with van der Waals surface area (Å²) < 4.78 is 0. The van der Waals surface area contributed by atoms with Gasteiger partial charge in [-0.25, -0.2) is 5.06 Å². The minimum absolute atomic E-state index is 0.0483. The number of carbonyl (C=O) groups excluding carboxylic acids is 1. The molecule has 1 aliphatic rings. The Labute approximate surface area is 248 Å². The number of carboxylic acid groups (broad SMARTS) is 1. The Kier molecular flexibility index (Phi) is 9.22. The summed E-state index contributed by atoms with van der Waals surface area (Å²) in [5, 5.41) is 24.8. The van der Waals surface area contributed by atoms with Crippen LogP contribution in [0.5, 0.6) is 0 Å². The molecule has 1 heterocycles. The molecule has 0 fully saturated rings. The average molecular weight is 597 g/mol. The number of hydrogen-bond donors (Lipinski definition) is 5. The van der Waals surface area contributed by atoms with Gasteiger partial charge in [-0.2, -0.15) is 0 Å². The maximum absolute atomic E-state index is 13.5. The first kappa shape index (κ1) is 29.9. The molecule has 0 saturated carbocycles. The highest BCUT2D eigenvalue weighted by molar-refractivity contribution is 6.40. The summed E-state index contributed by atoms with van der Waals surface area (Å²) in [7, 11) is 3.49. The standard InChI is InChI=1S/C30H31Cl2N5O4/c1-16-20(7-8-26(36-3)29(16)34)22(11-27(38)39)21-6-4-5-17-14-37(41-15-23(17)21)30(40)28-24(31)9-18(10-25(28)32)19(12-33)13-35-2/h4-10,12-13,22,33,35-36H,11,14-15,34H2,1-3H3,(H,38,39)/b19-13+,33-12?. The number of nitrogens with zero attached hydrogens (tertiary/aromatic N) is 1. The Hall–Kier alpha value is -4.05. The van der Waals surface area contributed by atoms with E-state index in [2.05, 4.69) is 10.6 Å². The van der Waals surface area contributed by atoms with Crippen LogP contribution in [0, 0.1) is 12.3 Å².